The number of halogens is 4. The quantitative estimate of drug-likeness (QED) is 0.352. The molecule has 0 saturated carbocycles. The van der Waals surface area contributed by atoms with Crippen molar-refractivity contribution in [1.82, 2.24) is 20.4 Å². The number of rotatable bonds is 5. The molecule has 0 spiro atoms. The Morgan fingerprint density at radius 1 is 1.25 bits per heavy atom. The highest BCUT2D eigenvalue weighted by Crippen LogP contribution is 2.33. The van der Waals surface area contributed by atoms with Gasteiger partial charge in [0.1, 0.15) is 0 Å². The lowest BCUT2D eigenvalue weighted by molar-refractivity contribution is -0.138. The van der Waals surface area contributed by atoms with Gasteiger partial charge >= 0.3 is 6.18 Å². The fourth-order valence-corrected chi connectivity index (χ4v) is 2.71. The van der Waals surface area contributed by atoms with Crippen LogP contribution < -0.4 is 10.6 Å². The molecule has 1 unspecified atom stereocenters. The molecule has 2 N–H and O–H groups in total. The summed E-state index contributed by atoms with van der Waals surface area (Å²) in [6.07, 6.45) is -3.58. The topological polar surface area (TPSA) is 54.2 Å². The average Bonchev–Trinajstić information content (AvgIpc) is 2.95. The molecule has 0 aliphatic carbocycles. The molecule has 0 fully saturated rings. The number of aryl methyl sites for hydroxylation is 2. The Kier molecular flexibility index (Phi) is 8.77. The molecule has 156 valence electrons. The van der Waals surface area contributed by atoms with Crippen molar-refractivity contribution >= 4 is 29.9 Å². The maximum Gasteiger partial charge on any atom is 0.416 e. The average molecular weight is 509 g/mol. The lowest BCUT2D eigenvalue weighted by atomic mass is 10.1. The van der Waals surface area contributed by atoms with Crippen molar-refractivity contribution in [3.05, 3.63) is 46.8 Å². The molecule has 2 rings (SSSR count). The van der Waals surface area contributed by atoms with Gasteiger partial charge in [-0.1, -0.05) is 13.0 Å². The molecule has 9 heteroatoms. The van der Waals surface area contributed by atoms with Crippen molar-refractivity contribution in [1.29, 1.82) is 0 Å². The molecule has 0 saturated heterocycles. The van der Waals surface area contributed by atoms with E-state index in [0.29, 0.717) is 11.6 Å². The van der Waals surface area contributed by atoms with Crippen LogP contribution in [0.15, 0.2) is 29.3 Å². The lowest BCUT2D eigenvalue weighted by Gasteiger charge is -2.19. The number of benzene rings is 1. The van der Waals surface area contributed by atoms with Gasteiger partial charge in [0.05, 0.1) is 16.9 Å². The van der Waals surface area contributed by atoms with Gasteiger partial charge in [0.2, 0.25) is 0 Å². The van der Waals surface area contributed by atoms with Crippen LogP contribution in [0.2, 0.25) is 0 Å². The zero-order valence-electron chi connectivity index (χ0n) is 16.7. The van der Waals surface area contributed by atoms with Crippen LogP contribution in [-0.4, -0.2) is 28.8 Å². The highest BCUT2D eigenvalue weighted by atomic mass is 127. The summed E-state index contributed by atoms with van der Waals surface area (Å²) in [6, 6.07) is 6.27. The third-order valence-electron chi connectivity index (χ3n) is 4.32. The summed E-state index contributed by atoms with van der Waals surface area (Å²) in [5, 5.41) is 10.4. The van der Waals surface area contributed by atoms with Crippen molar-refractivity contribution in [3.63, 3.8) is 0 Å². The van der Waals surface area contributed by atoms with Crippen LogP contribution in [0.5, 0.6) is 0 Å². The molecule has 0 amide bonds. The molecular formula is C19H27F3IN5. The van der Waals surface area contributed by atoms with Gasteiger partial charge in [0.15, 0.2) is 5.96 Å². The molecule has 2 aromatic rings. The second kappa shape index (κ2) is 10.1. The molecule has 1 heterocycles. The van der Waals surface area contributed by atoms with E-state index >= 15 is 0 Å². The van der Waals surface area contributed by atoms with E-state index in [1.807, 2.05) is 33.8 Å². The van der Waals surface area contributed by atoms with Gasteiger partial charge < -0.3 is 10.6 Å². The SMILES string of the molecule is CCC(C)NC(=NC)NCc1ccc(-n2nc(C)cc2C)cc1C(F)(F)F.I. The number of alkyl halides is 3. The number of aliphatic imine (C=N–C) groups is 1. The second-order valence-electron chi connectivity index (χ2n) is 6.56. The van der Waals surface area contributed by atoms with E-state index in [-0.39, 0.29) is 42.1 Å². The third kappa shape index (κ3) is 6.11. The number of nitrogens with zero attached hydrogens (tertiary/aromatic N) is 3. The fraction of sp³-hybridized carbons (Fsp3) is 0.474. The van der Waals surface area contributed by atoms with Gasteiger partial charge in [0, 0.05) is 25.3 Å². The molecule has 0 bridgehead atoms. The molecule has 1 aromatic carbocycles. The summed E-state index contributed by atoms with van der Waals surface area (Å²) in [5.74, 6) is 0.472. The molecule has 0 aliphatic heterocycles. The predicted octanol–water partition coefficient (Wildman–Crippen LogP) is 4.59. The summed E-state index contributed by atoms with van der Waals surface area (Å²) in [4.78, 5) is 4.06. The summed E-state index contributed by atoms with van der Waals surface area (Å²) in [5.41, 5.74) is 1.40. The van der Waals surface area contributed by atoms with Crippen LogP contribution in [0.1, 0.15) is 42.8 Å². The van der Waals surface area contributed by atoms with E-state index in [4.69, 9.17) is 0 Å². The van der Waals surface area contributed by atoms with Crippen LogP contribution in [0.4, 0.5) is 13.2 Å². The molecule has 1 aromatic heterocycles. The Balaban J connectivity index is 0.00000392. The Hall–Kier alpha value is -1.78. The fourth-order valence-electron chi connectivity index (χ4n) is 2.71. The molecule has 0 aliphatic rings. The van der Waals surface area contributed by atoms with Crippen LogP contribution in [-0.2, 0) is 12.7 Å². The van der Waals surface area contributed by atoms with Gasteiger partial charge in [-0.25, -0.2) is 4.68 Å². The van der Waals surface area contributed by atoms with Gasteiger partial charge in [-0.15, -0.1) is 24.0 Å². The monoisotopic (exact) mass is 509 g/mol. The Bertz CT molecular complexity index is 814. The zero-order valence-corrected chi connectivity index (χ0v) is 19.0. The summed E-state index contributed by atoms with van der Waals surface area (Å²) < 4.78 is 42.4. The van der Waals surface area contributed by atoms with Crippen molar-refractivity contribution in [2.45, 2.75) is 52.9 Å². The number of hydrogen-bond donors (Lipinski definition) is 2. The van der Waals surface area contributed by atoms with Crippen LogP contribution in [0.25, 0.3) is 5.69 Å². The molecule has 1 atom stereocenters. The third-order valence-corrected chi connectivity index (χ3v) is 4.32. The summed E-state index contributed by atoms with van der Waals surface area (Å²) in [7, 11) is 1.59. The number of aromatic nitrogens is 2. The Morgan fingerprint density at radius 2 is 1.93 bits per heavy atom. The number of guanidine groups is 1. The maximum absolute atomic E-state index is 13.6. The van der Waals surface area contributed by atoms with Crippen molar-refractivity contribution < 1.29 is 13.2 Å². The van der Waals surface area contributed by atoms with E-state index in [1.165, 1.54) is 10.7 Å². The highest BCUT2D eigenvalue weighted by molar-refractivity contribution is 14.0. The first-order valence-electron chi connectivity index (χ1n) is 8.86. The van der Waals surface area contributed by atoms with Crippen molar-refractivity contribution in [2.75, 3.05) is 7.05 Å². The molecule has 0 radical (unpaired) electrons. The van der Waals surface area contributed by atoms with Crippen molar-refractivity contribution in [3.8, 4) is 5.69 Å². The van der Waals surface area contributed by atoms with E-state index in [1.54, 1.807) is 13.1 Å². The number of hydrogen-bond acceptors (Lipinski definition) is 2. The minimum Gasteiger partial charge on any atom is -0.354 e. The van der Waals surface area contributed by atoms with E-state index in [2.05, 4.69) is 20.7 Å². The first-order valence-corrected chi connectivity index (χ1v) is 8.86. The summed E-state index contributed by atoms with van der Waals surface area (Å²) >= 11 is 0. The van der Waals surface area contributed by atoms with Crippen molar-refractivity contribution in [2.24, 2.45) is 4.99 Å². The van der Waals surface area contributed by atoms with E-state index < -0.39 is 11.7 Å². The second-order valence-corrected chi connectivity index (χ2v) is 6.56. The Morgan fingerprint density at radius 3 is 2.43 bits per heavy atom. The van der Waals surface area contributed by atoms with E-state index in [0.717, 1.165) is 23.9 Å². The maximum atomic E-state index is 13.6. The smallest absolute Gasteiger partial charge is 0.354 e. The number of nitrogens with one attached hydrogen (secondary N) is 2. The first kappa shape index (κ1) is 24.3. The van der Waals surface area contributed by atoms with Gasteiger partial charge in [-0.2, -0.15) is 18.3 Å². The van der Waals surface area contributed by atoms with Gasteiger partial charge in [-0.3, -0.25) is 4.99 Å². The predicted molar refractivity (Wildman–Crippen MR) is 117 cm³/mol. The summed E-state index contributed by atoms with van der Waals surface area (Å²) in [6.45, 7) is 7.64. The molecule has 5 nitrogen and oxygen atoms in total. The van der Waals surface area contributed by atoms with E-state index in [9.17, 15) is 13.2 Å². The first-order chi connectivity index (χ1) is 12.7. The van der Waals surface area contributed by atoms with Crippen LogP contribution >= 0.6 is 24.0 Å². The zero-order chi connectivity index (χ0) is 20.2. The Labute approximate surface area is 180 Å². The van der Waals surface area contributed by atoms with Crippen LogP contribution in [0.3, 0.4) is 0 Å². The highest BCUT2D eigenvalue weighted by Gasteiger charge is 2.33. The standard InChI is InChI=1S/C19H26F3N5.HI/c1-6-12(2)25-18(23-5)24-11-15-7-8-16(10-17(15)19(20,21)22)27-14(4)9-13(3)26-27;/h7-10,12H,6,11H2,1-5H3,(H2,23,24,25);1H. The lowest BCUT2D eigenvalue weighted by Crippen LogP contribution is -2.41. The van der Waals surface area contributed by atoms with Gasteiger partial charge in [0.25, 0.3) is 0 Å². The minimum atomic E-state index is -4.46. The van der Waals surface area contributed by atoms with Gasteiger partial charge in [-0.05, 0) is 51.0 Å². The largest absolute Gasteiger partial charge is 0.416 e. The molecular weight excluding hydrogens is 482 g/mol. The molecule has 28 heavy (non-hydrogen) atoms. The normalized spacial score (nSPS) is 13.1. The minimum absolute atomic E-state index is 0. The van der Waals surface area contributed by atoms with Crippen LogP contribution in [0, 0.1) is 13.8 Å².